The van der Waals surface area contributed by atoms with E-state index >= 15 is 0 Å². The van der Waals surface area contributed by atoms with Crippen molar-refractivity contribution < 1.29 is 20.1 Å². The van der Waals surface area contributed by atoms with E-state index in [1.54, 1.807) is 18.3 Å². The Bertz CT molecular complexity index is 1970. The first-order valence-electron chi connectivity index (χ1n) is 14.0. The molecule has 0 aliphatic carbocycles. The Morgan fingerprint density at radius 1 is 0.977 bits per heavy atom. The molecule has 4 aromatic heterocycles. The molecule has 5 heterocycles. The maximum absolute atomic E-state index is 13.8. The number of fused-ring (bicyclic) bond motifs is 1. The van der Waals surface area contributed by atoms with E-state index in [4.69, 9.17) is 10.5 Å². The van der Waals surface area contributed by atoms with Crippen LogP contribution in [-0.2, 0) is 17.7 Å². The Labute approximate surface area is 249 Å². The van der Waals surface area contributed by atoms with E-state index in [9.17, 15) is 20.1 Å². The van der Waals surface area contributed by atoms with Gasteiger partial charge >= 0.3 is 5.69 Å². The maximum atomic E-state index is 13.8. The summed E-state index contributed by atoms with van der Waals surface area (Å²) < 4.78 is 10.3. The third kappa shape index (κ3) is 4.70. The molecule has 1 fully saturated rings. The first-order chi connectivity index (χ1) is 21.4. The van der Waals surface area contributed by atoms with Crippen LogP contribution >= 0.6 is 0 Å². The number of ether oxygens (including phenoxy) is 1. The number of aliphatic hydroxyl groups excluding tert-OH is 2. The lowest BCUT2D eigenvalue weighted by Crippen LogP contribution is -2.33. The molecule has 1 aliphatic heterocycles. The number of hydrogen-bond donors (Lipinski definition) is 5. The Balaban J connectivity index is 1.18. The molecular formula is C30H29N9O5. The Kier molecular flexibility index (Phi) is 6.93. The summed E-state index contributed by atoms with van der Waals surface area (Å²) in [5, 5.41) is 33.2. The number of nitrogens with one attached hydrogen (secondary N) is 1. The molecule has 1 unspecified atom stereocenters. The summed E-state index contributed by atoms with van der Waals surface area (Å²) in [6, 6.07) is 17.2. The normalized spacial score (nSPS) is 20.0. The molecule has 6 N–H and O–H groups in total. The van der Waals surface area contributed by atoms with Crippen molar-refractivity contribution in [1.82, 2.24) is 38.6 Å². The number of benzene rings is 2. The minimum atomic E-state index is -1.30. The number of rotatable bonds is 8. The van der Waals surface area contributed by atoms with Crippen molar-refractivity contribution in [2.45, 2.75) is 43.9 Å². The molecule has 0 bridgehead atoms. The first-order valence-corrected chi connectivity index (χ1v) is 14.0. The zero-order valence-corrected chi connectivity index (χ0v) is 23.3. The number of hydrogen-bond acceptors (Lipinski definition) is 10. The summed E-state index contributed by atoms with van der Waals surface area (Å²) in [4.78, 5) is 33.2. The third-order valence-electron chi connectivity index (χ3n) is 8.00. The molecule has 2 aromatic carbocycles. The minimum absolute atomic E-state index is 0.0892. The van der Waals surface area contributed by atoms with Crippen molar-refractivity contribution in [3.8, 4) is 22.7 Å². The third-order valence-corrected chi connectivity index (χ3v) is 8.00. The number of aromatic hydroxyl groups is 1. The van der Waals surface area contributed by atoms with Crippen LogP contribution in [0.15, 0.2) is 84.6 Å². The van der Waals surface area contributed by atoms with Crippen molar-refractivity contribution in [2.24, 2.45) is 0 Å². The van der Waals surface area contributed by atoms with Crippen molar-refractivity contribution in [2.75, 3.05) is 5.73 Å². The fourth-order valence-corrected chi connectivity index (χ4v) is 5.72. The van der Waals surface area contributed by atoms with Gasteiger partial charge in [-0.2, -0.15) is 0 Å². The van der Waals surface area contributed by atoms with E-state index in [2.05, 4.69) is 24.9 Å². The molecule has 14 heteroatoms. The smallest absolute Gasteiger partial charge is 0.335 e. The fourth-order valence-electron chi connectivity index (χ4n) is 5.72. The van der Waals surface area contributed by atoms with Crippen LogP contribution in [0.3, 0.4) is 0 Å². The summed E-state index contributed by atoms with van der Waals surface area (Å²) in [6.07, 6.45) is 1.83. The number of imidazole rings is 3. The Morgan fingerprint density at radius 2 is 1.75 bits per heavy atom. The number of nitrogens with zero attached hydrogens (tertiary/aromatic N) is 7. The molecule has 0 radical (unpaired) electrons. The number of aromatic amines is 1. The average molecular weight is 596 g/mol. The molecule has 1 saturated heterocycles. The van der Waals surface area contributed by atoms with E-state index in [-0.39, 0.29) is 31.1 Å². The molecule has 6 aromatic rings. The van der Waals surface area contributed by atoms with Crippen LogP contribution in [0.25, 0.3) is 28.0 Å². The molecular weight excluding hydrogens is 566 g/mol. The lowest BCUT2D eigenvalue weighted by Gasteiger charge is -2.16. The number of anilines is 1. The predicted octanol–water partition coefficient (Wildman–Crippen LogP) is 1.76. The van der Waals surface area contributed by atoms with Crippen molar-refractivity contribution in [3.63, 3.8) is 0 Å². The summed E-state index contributed by atoms with van der Waals surface area (Å²) >= 11 is 0. The van der Waals surface area contributed by atoms with Crippen LogP contribution in [0.2, 0.25) is 0 Å². The molecule has 1 aliphatic rings. The number of nitrogens with two attached hydrogens (primary N) is 1. The number of H-pyrrole nitrogens is 1. The Morgan fingerprint density at radius 3 is 2.50 bits per heavy atom. The largest absolute Gasteiger partial charge is 0.493 e. The summed E-state index contributed by atoms with van der Waals surface area (Å²) in [5.41, 5.74) is 9.71. The average Bonchev–Trinajstić information content (AvgIpc) is 3.82. The molecule has 0 spiro atoms. The van der Waals surface area contributed by atoms with Crippen LogP contribution < -0.4 is 11.4 Å². The second-order valence-electron chi connectivity index (χ2n) is 10.6. The standard InChI is InChI=1S/C30H29N9O5/c31-26-23-27(35-15-34-26)38(16-36-23)29-25(41)24(40)22(44-29)10-11-37-21(12-19-13-32-14-33-19)28(42)39(30(37)43)20-8-6-18(7-9-20)17-4-2-1-3-5-17/h1-9,13-16,22,24-25,29,40-42H,10-12H2,(H,32,33)(H2,31,34,35)/t22-,24?,25-,29-/m1/s1. The highest BCUT2D eigenvalue weighted by Gasteiger charge is 2.44. The van der Waals surface area contributed by atoms with Crippen molar-refractivity contribution >= 4 is 17.0 Å². The highest BCUT2D eigenvalue weighted by molar-refractivity contribution is 5.81. The van der Waals surface area contributed by atoms with E-state index in [1.807, 2.05) is 42.5 Å². The van der Waals surface area contributed by atoms with E-state index in [0.717, 1.165) is 11.1 Å². The van der Waals surface area contributed by atoms with E-state index < -0.39 is 30.2 Å². The molecule has 0 amide bonds. The second-order valence-corrected chi connectivity index (χ2v) is 10.6. The van der Waals surface area contributed by atoms with Gasteiger partial charge in [0.1, 0.15) is 24.1 Å². The fraction of sp³-hybridized carbons (Fsp3) is 0.233. The molecule has 14 nitrogen and oxygen atoms in total. The van der Waals surface area contributed by atoms with Crippen LogP contribution in [0, 0.1) is 0 Å². The van der Waals surface area contributed by atoms with E-state index in [0.29, 0.717) is 28.2 Å². The van der Waals surface area contributed by atoms with Gasteiger partial charge in [-0.15, -0.1) is 0 Å². The number of aliphatic hydroxyl groups is 2. The van der Waals surface area contributed by atoms with Gasteiger partial charge in [-0.05, 0) is 29.7 Å². The van der Waals surface area contributed by atoms with E-state index in [1.165, 1.54) is 32.7 Å². The van der Waals surface area contributed by atoms with Crippen LogP contribution in [0.5, 0.6) is 5.88 Å². The lowest BCUT2D eigenvalue weighted by atomic mass is 10.1. The lowest BCUT2D eigenvalue weighted by molar-refractivity contribution is -0.0380. The maximum Gasteiger partial charge on any atom is 0.335 e. The molecule has 44 heavy (non-hydrogen) atoms. The molecule has 224 valence electrons. The highest BCUT2D eigenvalue weighted by atomic mass is 16.6. The van der Waals surface area contributed by atoms with Crippen LogP contribution in [0.1, 0.15) is 24.0 Å². The molecule has 7 rings (SSSR count). The summed E-state index contributed by atoms with van der Waals surface area (Å²) in [5.74, 6) is -0.0217. The summed E-state index contributed by atoms with van der Waals surface area (Å²) in [6.45, 7) is 0.0892. The van der Waals surface area contributed by atoms with Crippen LogP contribution in [0.4, 0.5) is 5.82 Å². The van der Waals surface area contributed by atoms with Gasteiger partial charge in [0.2, 0.25) is 5.88 Å². The van der Waals surface area contributed by atoms with Gasteiger partial charge in [0.05, 0.1) is 30.1 Å². The Hall–Kier alpha value is -5.31. The summed E-state index contributed by atoms with van der Waals surface area (Å²) in [7, 11) is 0. The van der Waals surface area contributed by atoms with Gasteiger partial charge in [0.15, 0.2) is 17.7 Å². The van der Waals surface area contributed by atoms with Gasteiger partial charge in [-0.25, -0.2) is 29.3 Å². The van der Waals surface area contributed by atoms with Crippen molar-refractivity contribution in [3.05, 3.63) is 102 Å². The van der Waals surface area contributed by atoms with Gasteiger partial charge in [0.25, 0.3) is 0 Å². The topological polar surface area (TPSA) is 195 Å². The quantitative estimate of drug-likeness (QED) is 0.173. The SMILES string of the molecule is Nc1ncnc2c1ncn2[C@@H]1O[C@H](CCn2c(Cc3cnc[nH]3)c(O)n(-c3ccc(-c4ccccc4)cc3)c2=O)C(O)[C@H]1O. The van der Waals surface area contributed by atoms with Gasteiger partial charge in [-0.1, -0.05) is 42.5 Å². The predicted molar refractivity (Wildman–Crippen MR) is 159 cm³/mol. The van der Waals surface area contributed by atoms with Crippen LogP contribution in [-0.4, -0.2) is 72.3 Å². The van der Waals surface area contributed by atoms with Gasteiger partial charge in [-0.3, -0.25) is 9.13 Å². The molecule has 0 saturated carbocycles. The monoisotopic (exact) mass is 595 g/mol. The molecule has 4 atom stereocenters. The zero-order valence-electron chi connectivity index (χ0n) is 23.3. The van der Waals surface area contributed by atoms with Crippen molar-refractivity contribution in [1.29, 1.82) is 0 Å². The minimum Gasteiger partial charge on any atom is -0.493 e. The highest BCUT2D eigenvalue weighted by Crippen LogP contribution is 2.34. The number of aromatic nitrogens is 8. The second kappa shape index (κ2) is 11.1. The number of nitrogen functional groups attached to an aromatic ring is 1. The first kappa shape index (κ1) is 27.5. The zero-order chi connectivity index (χ0) is 30.4. The van der Waals surface area contributed by atoms with Gasteiger partial charge in [0, 0.05) is 24.9 Å². The van der Waals surface area contributed by atoms with Gasteiger partial charge < -0.3 is 30.8 Å².